The molecule has 0 aliphatic carbocycles. The smallest absolute Gasteiger partial charge is 0.208 e. The maximum Gasteiger partial charge on any atom is 0.242 e. The lowest BCUT2D eigenvalue weighted by molar-refractivity contribution is 0.0437. The Morgan fingerprint density at radius 1 is 0.750 bits per heavy atom. The molecule has 0 amide bonds. The van der Waals surface area contributed by atoms with Crippen LogP contribution in [-0.2, 0) is 12.8 Å². The average molecular weight is 389 g/mol. The van der Waals surface area contributed by atoms with Crippen molar-refractivity contribution >= 4 is 0 Å². The second-order valence-electron chi connectivity index (χ2n) is 6.43. The SMILES string of the molecule is C#CC(CC)(Cc1ccccc1)Cc1ccccc1.CC.CC.CC(C)(F)F. The number of terminal acetylenes is 1. The van der Waals surface area contributed by atoms with Crippen molar-refractivity contribution < 1.29 is 8.78 Å². The van der Waals surface area contributed by atoms with Gasteiger partial charge in [-0.3, -0.25) is 0 Å². The fourth-order valence-corrected chi connectivity index (χ4v) is 2.49. The van der Waals surface area contributed by atoms with Crippen molar-refractivity contribution in [3.8, 4) is 12.3 Å². The van der Waals surface area contributed by atoms with Crippen molar-refractivity contribution in [2.24, 2.45) is 5.41 Å². The van der Waals surface area contributed by atoms with Gasteiger partial charge in [0.05, 0.1) is 0 Å². The molecule has 2 aromatic carbocycles. The minimum atomic E-state index is -2.50. The molecule has 156 valence electrons. The van der Waals surface area contributed by atoms with Gasteiger partial charge in [0.1, 0.15) is 0 Å². The topological polar surface area (TPSA) is 0 Å². The first-order chi connectivity index (χ1) is 13.3. The fourth-order valence-electron chi connectivity index (χ4n) is 2.49. The van der Waals surface area contributed by atoms with Crippen LogP contribution in [0, 0.1) is 17.8 Å². The number of benzene rings is 2. The van der Waals surface area contributed by atoms with Crippen LogP contribution in [0.5, 0.6) is 0 Å². The van der Waals surface area contributed by atoms with Crippen molar-refractivity contribution in [2.75, 3.05) is 0 Å². The van der Waals surface area contributed by atoms with Gasteiger partial charge in [-0.25, -0.2) is 8.78 Å². The molecule has 0 unspecified atom stereocenters. The van der Waals surface area contributed by atoms with Crippen LogP contribution in [0.2, 0.25) is 0 Å². The first-order valence-electron chi connectivity index (χ1n) is 10.2. The Balaban J connectivity index is 0. The lowest BCUT2D eigenvalue weighted by Crippen LogP contribution is -2.24. The van der Waals surface area contributed by atoms with E-state index in [-0.39, 0.29) is 5.41 Å². The second-order valence-corrected chi connectivity index (χ2v) is 6.43. The van der Waals surface area contributed by atoms with Gasteiger partial charge in [0.15, 0.2) is 0 Å². The summed E-state index contributed by atoms with van der Waals surface area (Å²) in [7, 11) is 0. The Labute approximate surface area is 172 Å². The molecular weight excluding hydrogens is 350 g/mol. The van der Waals surface area contributed by atoms with Gasteiger partial charge in [-0.05, 0) is 44.2 Å². The fraction of sp³-hybridized carbons (Fsp3) is 0.462. The van der Waals surface area contributed by atoms with Gasteiger partial charge < -0.3 is 0 Å². The van der Waals surface area contributed by atoms with E-state index >= 15 is 0 Å². The van der Waals surface area contributed by atoms with E-state index < -0.39 is 5.92 Å². The maximum absolute atomic E-state index is 11.0. The molecule has 0 nitrogen and oxygen atoms in total. The third-order valence-corrected chi connectivity index (χ3v) is 3.75. The van der Waals surface area contributed by atoms with Crippen LogP contribution in [0.1, 0.15) is 66.0 Å². The van der Waals surface area contributed by atoms with E-state index in [4.69, 9.17) is 6.42 Å². The van der Waals surface area contributed by atoms with Gasteiger partial charge in [-0.2, -0.15) is 0 Å². The lowest BCUT2D eigenvalue weighted by atomic mass is 9.75. The van der Waals surface area contributed by atoms with Crippen molar-refractivity contribution in [3.63, 3.8) is 0 Å². The second kappa shape index (κ2) is 15.9. The Morgan fingerprint density at radius 3 is 1.25 bits per heavy atom. The van der Waals surface area contributed by atoms with Gasteiger partial charge in [0.2, 0.25) is 5.92 Å². The lowest BCUT2D eigenvalue weighted by Gasteiger charge is -2.27. The Kier molecular flexibility index (Phi) is 15.9. The first kappa shape index (κ1) is 28.1. The third-order valence-electron chi connectivity index (χ3n) is 3.75. The molecule has 0 saturated heterocycles. The van der Waals surface area contributed by atoms with E-state index in [1.807, 2.05) is 39.8 Å². The summed E-state index contributed by atoms with van der Waals surface area (Å²) in [5, 5.41) is 0. The molecule has 2 aromatic rings. The molecule has 2 heteroatoms. The summed E-state index contributed by atoms with van der Waals surface area (Å²) < 4.78 is 22.0. The van der Waals surface area contributed by atoms with Gasteiger partial charge >= 0.3 is 0 Å². The van der Waals surface area contributed by atoms with Crippen molar-refractivity contribution in [2.45, 2.75) is 73.7 Å². The highest BCUT2D eigenvalue weighted by atomic mass is 19.3. The highest BCUT2D eigenvalue weighted by Gasteiger charge is 2.26. The number of hydrogen-bond acceptors (Lipinski definition) is 0. The van der Waals surface area contributed by atoms with Crippen molar-refractivity contribution in [1.82, 2.24) is 0 Å². The molecule has 0 heterocycles. The van der Waals surface area contributed by atoms with E-state index in [2.05, 4.69) is 61.4 Å². The molecule has 0 aromatic heterocycles. The molecule has 0 atom stereocenters. The van der Waals surface area contributed by atoms with Gasteiger partial charge in [-0.1, -0.05) is 101 Å². The van der Waals surface area contributed by atoms with Crippen LogP contribution in [0.4, 0.5) is 8.78 Å². The quantitative estimate of drug-likeness (QED) is 0.453. The summed E-state index contributed by atoms with van der Waals surface area (Å²) in [4.78, 5) is 0. The highest BCUT2D eigenvalue weighted by Crippen LogP contribution is 2.30. The van der Waals surface area contributed by atoms with E-state index in [1.54, 1.807) is 0 Å². The summed E-state index contributed by atoms with van der Waals surface area (Å²) in [5.41, 5.74) is 2.55. The van der Waals surface area contributed by atoms with Crippen LogP contribution in [0.15, 0.2) is 60.7 Å². The van der Waals surface area contributed by atoms with E-state index in [0.717, 1.165) is 33.1 Å². The highest BCUT2D eigenvalue weighted by molar-refractivity contribution is 5.25. The monoisotopic (exact) mass is 388 g/mol. The summed E-state index contributed by atoms with van der Waals surface area (Å²) in [6, 6.07) is 21.0. The predicted molar refractivity (Wildman–Crippen MR) is 121 cm³/mol. The minimum Gasteiger partial charge on any atom is -0.208 e. The van der Waals surface area contributed by atoms with Crippen LogP contribution in [0.3, 0.4) is 0 Å². The average Bonchev–Trinajstić information content (AvgIpc) is 2.71. The number of hydrogen-bond donors (Lipinski definition) is 0. The molecule has 0 bridgehead atoms. The van der Waals surface area contributed by atoms with Crippen molar-refractivity contribution in [3.05, 3.63) is 71.8 Å². The molecule has 0 radical (unpaired) electrons. The third kappa shape index (κ3) is 14.0. The van der Waals surface area contributed by atoms with E-state index in [0.29, 0.717) is 0 Å². The number of halogens is 2. The van der Waals surface area contributed by atoms with Crippen LogP contribution >= 0.6 is 0 Å². The Morgan fingerprint density at radius 2 is 1.04 bits per heavy atom. The molecule has 0 saturated carbocycles. The van der Waals surface area contributed by atoms with Gasteiger partial charge in [-0.15, -0.1) is 6.42 Å². The maximum atomic E-state index is 11.0. The summed E-state index contributed by atoms with van der Waals surface area (Å²) >= 11 is 0. The largest absolute Gasteiger partial charge is 0.242 e. The predicted octanol–water partition coefficient (Wildman–Crippen LogP) is 8.22. The number of rotatable bonds is 5. The van der Waals surface area contributed by atoms with E-state index in [1.165, 1.54) is 11.1 Å². The normalized spacial score (nSPS) is 10.0. The number of alkyl halides is 2. The van der Waals surface area contributed by atoms with Gasteiger partial charge in [0, 0.05) is 5.41 Å². The molecule has 0 spiro atoms. The summed E-state index contributed by atoms with van der Waals surface area (Å²) in [5.74, 6) is 0.562. The van der Waals surface area contributed by atoms with Crippen LogP contribution in [0.25, 0.3) is 0 Å². The summed E-state index contributed by atoms with van der Waals surface area (Å²) in [6.07, 6.45) is 8.74. The minimum absolute atomic E-state index is 0.0806. The van der Waals surface area contributed by atoms with Crippen LogP contribution in [-0.4, -0.2) is 5.92 Å². The molecule has 0 fully saturated rings. The molecule has 28 heavy (non-hydrogen) atoms. The van der Waals surface area contributed by atoms with E-state index in [9.17, 15) is 8.78 Å². The zero-order chi connectivity index (χ0) is 22.1. The zero-order valence-electron chi connectivity index (χ0n) is 18.7. The molecule has 0 N–H and O–H groups in total. The molecular formula is C26H38F2. The zero-order valence-corrected chi connectivity index (χ0v) is 18.7. The van der Waals surface area contributed by atoms with Crippen LogP contribution < -0.4 is 0 Å². The molecule has 0 aliphatic rings. The molecule has 0 aliphatic heterocycles. The first-order valence-corrected chi connectivity index (χ1v) is 10.2. The Hall–Kier alpha value is -2.14. The van der Waals surface area contributed by atoms with Gasteiger partial charge in [0.25, 0.3) is 0 Å². The standard InChI is InChI=1S/C19H20.C3H6F2.2C2H6/c1-3-19(4-2,15-17-11-7-5-8-12-17)16-18-13-9-6-10-14-18;1-3(2,4)5;2*1-2/h1,5-14H,4,15-16H2,2H3;1-2H3;2*1-2H3. The van der Waals surface area contributed by atoms with Crippen molar-refractivity contribution in [1.29, 1.82) is 0 Å². The summed E-state index contributed by atoms with van der Waals surface area (Å²) in [6.45, 7) is 11.9. The molecule has 2 rings (SSSR count). The Bertz CT molecular complexity index is 571.